The molecule has 0 bridgehead atoms. The van der Waals surface area contributed by atoms with Crippen LogP contribution in [0.4, 0.5) is 4.39 Å². The highest BCUT2D eigenvalue weighted by molar-refractivity contribution is 7.09. The monoisotopic (exact) mass is 443 g/mol. The van der Waals surface area contributed by atoms with Crippen LogP contribution in [0.5, 0.6) is 0 Å². The third-order valence-corrected chi connectivity index (χ3v) is 10.5. The molecule has 0 radical (unpaired) electrons. The molecule has 0 fully saturated rings. The van der Waals surface area contributed by atoms with Crippen LogP contribution >= 0.6 is 11.3 Å². The van der Waals surface area contributed by atoms with E-state index in [1.807, 2.05) is 32.2 Å². The number of nitrogens with zero attached hydrogens (tertiary/aromatic N) is 1. The van der Waals surface area contributed by atoms with Gasteiger partial charge in [0.2, 0.25) is 0 Å². The SMILES string of the molecule is C/C(=C\c1csc(C)n1)[C@H](C/C=C(\F)COC[C@@H](C)CO)O[Si](C)(C)C(C)(C)C. The third-order valence-electron chi connectivity index (χ3n) is 5.27. The minimum absolute atomic E-state index is 0.00390. The fraction of sp³-hybridized carbons (Fsp3) is 0.682. The van der Waals surface area contributed by atoms with Crippen LogP contribution in [-0.4, -0.2) is 44.3 Å². The molecule has 0 amide bonds. The highest BCUT2D eigenvalue weighted by atomic mass is 32.1. The maximum absolute atomic E-state index is 14.3. The Morgan fingerprint density at radius 3 is 2.55 bits per heavy atom. The molecular weight excluding hydrogens is 405 g/mol. The maximum atomic E-state index is 14.3. The van der Waals surface area contributed by atoms with Crippen LogP contribution in [0, 0.1) is 12.8 Å². The van der Waals surface area contributed by atoms with E-state index in [1.165, 1.54) is 0 Å². The zero-order valence-corrected chi connectivity index (χ0v) is 21.0. The largest absolute Gasteiger partial charge is 0.410 e. The second-order valence-electron chi connectivity index (χ2n) is 9.24. The van der Waals surface area contributed by atoms with Crippen LogP contribution in [0.3, 0.4) is 0 Å². The molecule has 29 heavy (non-hydrogen) atoms. The second kappa shape index (κ2) is 11.5. The van der Waals surface area contributed by atoms with Crippen molar-refractivity contribution < 1.29 is 18.7 Å². The first-order valence-corrected chi connectivity index (χ1v) is 14.0. The van der Waals surface area contributed by atoms with Crippen LogP contribution in [0.15, 0.2) is 22.9 Å². The summed E-state index contributed by atoms with van der Waals surface area (Å²) in [5.41, 5.74) is 1.96. The number of thiazole rings is 1. The molecule has 0 aliphatic rings. The summed E-state index contributed by atoms with van der Waals surface area (Å²) in [4.78, 5) is 4.51. The Labute approximate surface area is 181 Å². The minimum Gasteiger partial charge on any atom is -0.410 e. The number of rotatable bonds is 11. The first-order chi connectivity index (χ1) is 13.4. The fourth-order valence-electron chi connectivity index (χ4n) is 2.34. The summed E-state index contributed by atoms with van der Waals surface area (Å²) in [6.45, 7) is 17.2. The van der Waals surface area contributed by atoms with Gasteiger partial charge in [-0.1, -0.05) is 27.7 Å². The molecule has 2 atom stereocenters. The van der Waals surface area contributed by atoms with E-state index in [0.29, 0.717) is 13.0 Å². The lowest BCUT2D eigenvalue weighted by Gasteiger charge is -2.39. The van der Waals surface area contributed by atoms with E-state index >= 15 is 0 Å². The van der Waals surface area contributed by atoms with Crippen LogP contribution in [-0.2, 0) is 9.16 Å². The van der Waals surface area contributed by atoms with Gasteiger partial charge in [0, 0.05) is 17.9 Å². The van der Waals surface area contributed by atoms with E-state index in [4.69, 9.17) is 14.3 Å². The molecule has 1 N–H and O–H groups in total. The third kappa shape index (κ3) is 9.21. The molecule has 1 rings (SSSR count). The van der Waals surface area contributed by atoms with E-state index in [1.54, 1.807) is 17.4 Å². The average Bonchev–Trinajstić information content (AvgIpc) is 3.01. The van der Waals surface area contributed by atoms with Gasteiger partial charge < -0.3 is 14.3 Å². The number of hydrogen-bond acceptors (Lipinski definition) is 5. The lowest BCUT2D eigenvalue weighted by molar-refractivity contribution is 0.0858. The predicted octanol–water partition coefficient (Wildman–Crippen LogP) is 6.13. The van der Waals surface area contributed by atoms with Crippen molar-refractivity contribution in [2.45, 2.75) is 72.2 Å². The standard InChI is InChI=1S/C22H38FNO3SSi/c1-16(12-25)13-26-14-19(23)9-10-21(27-29(7,8)22(4,5)6)17(2)11-20-15-28-18(3)24-20/h9,11,15-16,21,25H,10,12-14H2,1-8H3/b17-11+,19-9-/t16-,21-/m0/s1. The summed E-state index contributed by atoms with van der Waals surface area (Å²) in [7, 11) is -2.03. The Morgan fingerprint density at radius 1 is 1.38 bits per heavy atom. The molecule has 0 unspecified atom stereocenters. The molecule has 1 heterocycles. The lowest BCUT2D eigenvalue weighted by Crippen LogP contribution is -2.44. The quantitative estimate of drug-likeness (QED) is 0.418. The number of ether oxygens (including phenoxy) is 1. The van der Waals surface area contributed by atoms with Crippen LogP contribution in [0.25, 0.3) is 6.08 Å². The van der Waals surface area contributed by atoms with Crippen molar-refractivity contribution in [1.29, 1.82) is 0 Å². The van der Waals surface area contributed by atoms with E-state index in [2.05, 4.69) is 38.8 Å². The molecule has 7 heteroatoms. The van der Waals surface area contributed by atoms with E-state index in [9.17, 15) is 4.39 Å². The van der Waals surface area contributed by atoms with E-state index < -0.39 is 8.32 Å². The van der Waals surface area contributed by atoms with Crippen molar-refractivity contribution in [1.82, 2.24) is 4.98 Å². The van der Waals surface area contributed by atoms with Gasteiger partial charge in [-0.15, -0.1) is 11.3 Å². The van der Waals surface area contributed by atoms with E-state index in [-0.39, 0.29) is 36.1 Å². The number of halogens is 1. The Kier molecular flexibility index (Phi) is 10.4. The molecule has 0 spiro atoms. The summed E-state index contributed by atoms with van der Waals surface area (Å²) >= 11 is 1.61. The Bertz CT molecular complexity index is 694. The molecule has 1 aromatic rings. The molecular formula is C22H38FNO3SSi. The maximum Gasteiger partial charge on any atom is 0.192 e. The first kappa shape index (κ1) is 26.2. The molecule has 0 aromatic carbocycles. The van der Waals surface area contributed by atoms with Crippen molar-refractivity contribution in [3.05, 3.63) is 33.6 Å². The summed E-state index contributed by atoms with van der Waals surface area (Å²) in [5.74, 6) is -0.305. The zero-order valence-electron chi connectivity index (χ0n) is 19.2. The molecule has 166 valence electrons. The summed E-state index contributed by atoms with van der Waals surface area (Å²) in [6.07, 6.45) is 3.83. The molecule has 0 aliphatic heterocycles. The molecule has 4 nitrogen and oxygen atoms in total. The van der Waals surface area contributed by atoms with Crippen molar-refractivity contribution in [3.63, 3.8) is 0 Å². The Morgan fingerprint density at radius 2 is 2.03 bits per heavy atom. The lowest BCUT2D eigenvalue weighted by atomic mass is 10.1. The van der Waals surface area contributed by atoms with Gasteiger partial charge in [-0.2, -0.15) is 0 Å². The van der Waals surface area contributed by atoms with Gasteiger partial charge >= 0.3 is 0 Å². The normalized spacial score (nSPS) is 16.2. The Hall–Kier alpha value is -0.863. The molecule has 1 aromatic heterocycles. The van der Waals surface area contributed by atoms with Gasteiger partial charge in [-0.3, -0.25) is 0 Å². The number of hydrogen-bond donors (Lipinski definition) is 1. The highest BCUT2D eigenvalue weighted by Gasteiger charge is 2.39. The molecule has 0 saturated heterocycles. The molecule has 0 aliphatic carbocycles. The van der Waals surface area contributed by atoms with Crippen molar-refractivity contribution >= 4 is 25.7 Å². The Balaban J connectivity index is 2.92. The second-order valence-corrected chi connectivity index (χ2v) is 15.1. The fourth-order valence-corrected chi connectivity index (χ4v) is 4.25. The zero-order chi connectivity index (χ0) is 22.2. The van der Waals surface area contributed by atoms with Gasteiger partial charge in [0.15, 0.2) is 8.32 Å². The van der Waals surface area contributed by atoms with Crippen LogP contribution < -0.4 is 0 Å². The van der Waals surface area contributed by atoms with Crippen molar-refractivity contribution in [3.8, 4) is 0 Å². The predicted molar refractivity (Wildman–Crippen MR) is 123 cm³/mol. The highest BCUT2D eigenvalue weighted by Crippen LogP contribution is 2.38. The first-order valence-electron chi connectivity index (χ1n) is 10.2. The van der Waals surface area contributed by atoms with Crippen molar-refractivity contribution in [2.75, 3.05) is 19.8 Å². The average molecular weight is 444 g/mol. The van der Waals surface area contributed by atoms with Crippen LogP contribution in [0.1, 0.15) is 51.7 Å². The van der Waals surface area contributed by atoms with E-state index in [0.717, 1.165) is 16.3 Å². The van der Waals surface area contributed by atoms with Gasteiger partial charge in [0.05, 0.1) is 30.0 Å². The van der Waals surface area contributed by atoms with Crippen molar-refractivity contribution in [2.24, 2.45) is 5.92 Å². The smallest absolute Gasteiger partial charge is 0.192 e. The number of aliphatic hydroxyl groups excluding tert-OH is 1. The summed E-state index contributed by atoms with van der Waals surface area (Å²) < 4.78 is 26.2. The van der Waals surface area contributed by atoms with Crippen LogP contribution in [0.2, 0.25) is 18.1 Å². The van der Waals surface area contributed by atoms with Gasteiger partial charge in [-0.05, 0) is 56.1 Å². The topological polar surface area (TPSA) is 51.6 Å². The minimum atomic E-state index is -2.03. The summed E-state index contributed by atoms with van der Waals surface area (Å²) in [6, 6.07) is 0. The molecule has 0 saturated carbocycles. The number of aromatic nitrogens is 1. The van der Waals surface area contributed by atoms with Gasteiger partial charge in [0.25, 0.3) is 0 Å². The van der Waals surface area contributed by atoms with Gasteiger partial charge in [-0.25, -0.2) is 9.37 Å². The number of aryl methyl sites for hydroxylation is 1. The van der Waals surface area contributed by atoms with Gasteiger partial charge in [0.1, 0.15) is 5.83 Å². The summed E-state index contributed by atoms with van der Waals surface area (Å²) in [5, 5.41) is 12.1. The number of aliphatic hydroxyl groups is 1.